The molecule has 45 valence electrons. The van der Waals surface area contributed by atoms with Gasteiger partial charge < -0.3 is 0 Å². The summed E-state index contributed by atoms with van der Waals surface area (Å²) in [5, 5.41) is 12.2. The molecule has 0 atom stereocenters. The van der Waals surface area contributed by atoms with Crippen LogP contribution in [0.25, 0.3) is 0 Å². The van der Waals surface area contributed by atoms with E-state index < -0.39 is 0 Å². The van der Waals surface area contributed by atoms with E-state index in [1.54, 1.807) is 24.5 Å². The average Bonchev–Trinajstić information content (AvgIpc) is 1.91. The van der Waals surface area contributed by atoms with Crippen molar-refractivity contribution in [1.82, 2.24) is 4.98 Å². The minimum absolute atomic E-state index is 0.729. The molecule has 9 heavy (non-hydrogen) atoms. The number of pyridine rings is 1. The van der Waals surface area contributed by atoms with Crippen molar-refractivity contribution >= 4 is 6.21 Å². The molecule has 0 saturated heterocycles. The van der Waals surface area contributed by atoms with E-state index in [2.05, 4.69) is 10.1 Å². The van der Waals surface area contributed by atoms with E-state index in [4.69, 9.17) is 0 Å². The van der Waals surface area contributed by atoms with E-state index in [-0.39, 0.29) is 0 Å². The lowest BCUT2D eigenvalue weighted by atomic mass is 10.3. The second kappa shape index (κ2) is 2.81. The Bertz CT molecular complexity index is 195. The summed E-state index contributed by atoms with van der Waals surface area (Å²) < 4.78 is 0. The van der Waals surface area contributed by atoms with Crippen LogP contribution in [0.5, 0.6) is 0 Å². The lowest BCUT2D eigenvalue weighted by molar-refractivity contribution is 0.211. The molecule has 0 aromatic carbocycles. The van der Waals surface area contributed by atoms with E-state index >= 15 is 0 Å². The van der Waals surface area contributed by atoms with Gasteiger partial charge in [0.1, 0.15) is 0 Å². The lowest BCUT2D eigenvalue weighted by Gasteiger charge is -1.83. The first kappa shape index (κ1) is 5.75. The molecule has 0 aliphatic carbocycles. The zero-order valence-electron chi connectivity index (χ0n) is 4.69. The molecule has 1 aromatic rings. The van der Waals surface area contributed by atoms with Gasteiger partial charge in [-0.1, -0.05) is 6.07 Å². The fourth-order valence-electron chi connectivity index (χ4n) is 0.513. The molecular formula is C6H5N2O. The molecule has 0 N–H and O–H groups in total. The molecule has 0 aliphatic rings. The molecule has 1 radical (unpaired) electrons. The predicted octanol–water partition coefficient (Wildman–Crippen LogP) is 0.846. The van der Waals surface area contributed by atoms with Crippen molar-refractivity contribution in [1.29, 1.82) is 0 Å². The van der Waals surface area contributed by atoms with Crippen molar-refractivity contribution in [2.24, 2.45) is 5.16 Å². The number of nitrogens with zero attached hydrogens (tertiary/aromatic N) is 2. The predicted molar refractivity (Wildman–Crippen MR) is 32.5 cm³/mol. The summed E-state index contributed by atoms with van der Waals surface area (Å²) in [4.78, 5) is 3.77. The van der Waals surface area contributed by atoms with Gasteiger partial charge in [0.05, 0.1) is 6.21 Å². The molecule has 1 aromatic heterocycles. The van der Waals surface area contributed by atoms with Gasteiger partial charge in [0.15, 0.2) is 0 Å². The summed E-state index contributed by atoms with van der Waals surface area (Å²) >= 11 is 0. The number of aromatic nitrogens is 1. The van der Waals surface area contributed by atoms with Gasteiger partial charge in [0.25, 0.3) is 0 Å². The van der Waals surface area contributed by atoms with Gasteiger partial charge in [0.2, 0.25) is 0 Å². The number of hydrogen-bond donors (Lipinski definition) is 0. The molecule has 3 nitrogen and oxygen atoms in total. The Balaban J connectivity index is 2.85. The second-order valence-electron chi connectivity index (χ2n) is 1.52. The fraction of sp³-hybridized carbons (Fsp3) is 0. The van der Waals surface area contributed by atoms with E-state index in [1.807, 2.05) is 0 Å². The van der Waals surface area contributed by atoms with Crippen LogP contribution in [0, 0.1) is 0 Å². The highest BCUT2D eigenvalue weighted by Crippen LogP contribution is 1.88. The molecule has 0 unspecified atom stereocenters. The number of hydrogen-bond acceptors (Lipinski definition) is 2. The van der Waals surface area contributed by atoms with E-state index in [0.717, 1.165) is 5.56 Å². The van der Waals surface area contributed by atoms with Crippen molar-refractivity contribution in [3.63, 3.8) is 0 Å². The topological polar surface area (TPSA) is 45.1 Å². The Morgan fingerprint density at radius 1 is 1.67 bits per heavy atom. The summed E-state index contributed by atoms with van der Waals surface area (Å²) in [5.74, 6) is 0. The van der Waals surface area contributed by atoms with E-state index in [9.17, 15) is 5.21 Å². The molecule has 3 heteroatoms. The third kappa shape index (κ3) is 1.53. The number of rotatable bonds is 1. The third-order valence-corrected chi connectivity index (χ3v) is 0.886. The minimum atomic E-state index is 0.729. The molecule has 0 saturated carbocycles. The Morgan fingerprint density at radius 2 is 2.56 bits per heavy atom. The second-order valence-corrected chi connectivity index (χ2v) is 1.52. The highest BCUT2D eigenvalue weighted by Gasteiger charge is 1.81. The average molecular weight is 121 g/mol. The molecule has 0 amide bonds. The minimum Gasteiger partial charge on any atom is -0.264 e. The highest BCUT2D eigenvalue weighted by molar-refractivity contribution is 5.78. The quantitative estimate of drug-likeness (QED) is 0.401. The molecule has 1 heterocycles. The van der Waals surface area contributed by atoms with Crippen LogP contribution in [0.3, 0.4) is 0 Å². The lowest BCUT2D eigenvalue weighted by Crippen LogP contribution is -1.79. The van der Waals surface area contributed by atoms with Crippen molar-refractivity contribution in [3.05, 3.63) is 30.1 Å². The van der Waals surface area contributed by atoms with Crippen LogP contribution in [0.2, 0.25) is 0 Å². The first-order valence-electron chi connectivity index (χ1n) is 2.49. The first-order chi connectivity index (χ1) is 4.43. The van der Waals surface area contributed by atoms with Crippen molar-refractivity contribution in [2.75, 3.05) is 0 Å². The van der Waals surface area contributed by atoms with Gasteiger partial charge >= 0.3 is 0 Å². The van der Waals surface area contributed by atoms with Crippen LogP contribution in [0.1, 0.15) is 5.56 Å². The fourth-order valence-corrected chi connectivity index (χ4v) is 0.513. The molecule has 0 fully saturated rings. The van der Waals surface area contributed by atoms with Crippen LogP contribution < -0.4 is 0 Å². The zero-order valence-corrected chi connectivity index (χ0v) is 4.69. The zero-order chi connectivity index (χ0) is 6.53. The SMILES string of the molecule is [O]N=Cc1cccnc1. The summed E-state index contributed by atoms with van der Waals surface area (Å²) in [7, 11) is 0. The highest BCUT2D eigenvalue weighted by atomic mass is 16.4. The summed E-state index contributed by atoms with van der Waals surface area (Å²) in [6, 6.07) is 3.51. The van der Waals surface area contributed by atoms with Gasteiger partial charge in [-0.25, -0.2) is 0 Å². The Morgan fingerprint density at radius 3 is 3.11 bits per heavy atom. The van der Waals surface area contributed by atoms with Gasteiger partial charge in [0, 0.05) is 18.0 Å². The Labute approximate surface area is 52.7 Å². The Hall–Kier alpha value is -1.38. The molecule has 0 spiro atoms. The van der Waals surface area contributed by atoms with Crippen LogP contribution in [0.4, 0.5) is 0 Å². The Kier molecular flexibility index (Phi) is 1.80. The molecule has 1 rings (SSSR count). The van der Waals surface area contributed by atoms with E-state index in [1.165, 1.54) is 6.21 Å². The standard InChI is InChI=1S/C6H5N2O/c9-8-5-6-2-1-3-7-4-6/h1-5H. The third-order valence-electron chi connectivity index (χ3n) is 0.886. The van der Waals surface area contributed by atoms with Crippen LogP contribution in [0.15, 0.2) is 29.7 Å². The first-order valence-corrected chi connectivity index (χ1v) is 2.49. The van der Waals surface area contributed by atoms with Crippen molar-refractivity contribution in [2.45, 2.75) is 0 Å². The summed E-state index contributed by atoms with van der Waals surface area (Å²) in [5.41, 5.74) is 0.729. The van der Waals surface area contributed by atoms with Crippen LogP contribution in [-0.4, -0.2) is 11.2 Å². The maximum atomic E-state index is 9.64. The molecule has 0 aliphatic heterocycles. The van der Waals surface area contributed by atoms with Gasteiger partial charge in [-0.3, -0.25) is 4.98 Å². The molecular weight excluding hydrogens is 116 g/mol. The smallest absolute Gasteiger partial charge is 0.0802 e. The van der Waals surface area contributed by atoms with Crippen molar-refractivity contribution in [3.8, 4) is 0 Å². The van der Waals surface area contributed by atoms with E-state index in [0.29, 0.717) is 0 Å². The summed E-state index contributed by atoms with van der Waals surface area (Å²) in [6.45, 7) is 0. The van der Waals surface area contributed by atoms with Gasteiger partial charge in [-0.2, -0.15) is 0 Å². The van der Waals surface area contributed by atoms with Crippen molar-refractivity contribution < 1.29 is 5.21 Å². The van der Waals surface area contributed by atoms with Gasteiger partial charge in [-0.15, -0.1) is 5.21 Å². The van der Waals surface area contributed by atoms with Gasteiger partial charge in [-0.05, 0) is 11.2 Å². The maximum Gasteiger partial charge on any atom is 0.0802 e. The summed E-state index contributed by atoms with van der Waals surface area (Å²) in [6.07, 6.45) is 4.43. The largest absolute Gasteiger partial charge is 0.264 e. The normalized spacial score (nSPS) is 10.2. The monoisotopic (exact) mass is 121 g/mol. The van der Waals surface area contributed by atoms with Crippen LogP contribution >= 0.6 is 0 Å². The molecule has 0 bridgehead atoms. The van der Waals surface area contributed by atoms with Crippen LogP contribution in [-0.2, 0) is 5.21 Å². The maximum absolute atomic E-state index is 9.64.